The Bertz CT molecular complexity index is 482. The predicted octanol–water partition coefficient (Wildman–Crippen LogP) is 2.65. The highest BCUT2D eigenvalue weighted by atomic mass is 32.2. The van der Waals surface area contributed by atoms with Gasteiger partial charge in [0.15, 0.2) is 4.34 Å². The molecule has 1 amide bonds. The number of amides is 1. The Hall–Kier alpha value is -0.950. The van der Waals surface area contributed by atoms with E-state index in [0.29, 0.717) is 16.6 Å². The van der Waals surface area contributed by atoms with Crippen LogP contribution in [0.2, 0.25) is 0 Å². The van der Waals surface area contributed by atoms with E-state index in [1.54, 1.807) is 11.1 Å². The first-order valence-corrected chi connectivity index (χ1v) is 8.84. The SMILES string of the molecule is CC(C)(C)OC(=O)N1CCC[C@@H]1C[S@@](=O)c1nccs1. The lowest BCUT2D eigenvalue weighted by Gasteiger charge is -2.28. The van der Waals surface area contributed by atoms with E-state index in [2.05, 4.69) is 4.98 Å². The summed E-state index contributed by atoms with van der Waals surface area (Å²) in [4.78, 5) is 17.9. The van der Waals surface area contributed by atoms with Crippen molar-refractivity contribution in [3.8, 4) is 0 Å². The molecule has 1 aliphatic rings. The van der Waals surface area contributed by atoms with E-state index in [1.165, 1.54) is 11.3 Å². The van der Waals surface area contributed by atoms with Gasteiger partial charge in [-0.2, -0.15) is 0 Å². The molecule has 0 N–H and O–H groups in total. The molecule has 2 heterocycles. The lowest BCUT2D eigenvalue weighted by atomic mass is 10.2. The molecule has 2 atom stereocenters. The first-order chi connectivity index (χ1) is 9.37. The van der Waals surface area contributed by atoms with Crippen molar-refractivity contribution in [1.82, 2.24) is 9.88 Å². The second-order valence-electron chi connectivity index (χ2n) is 5.78. The van der Waals surface area contributed by atoms with Crippen LogP contribution in [0.15, 0.2) is 15.9 Å². The number of thiazole rings is 1. The first kappa shape index (κ1) is 15.4. The molecular formula is C13H20N2O3S2. The van der Waals surface area contributed by atoms with E-state index in [-0.39, 0.29) is 12.1 Å². The van der Waals surface area contributed by atoms with Crippen LogP contribution < -0.4 is 0 Å². The molecule has 0 aliphatic carbocycles. The summed E-state index contributed by atoms with van der Waals surface area (Å²) in [5, 5.41) is 1.81. The van der Waals surface area contributed by atoms with E-state index in [9.17, 15) is 9.00 Å². The number of hydrogen-bond acceptors (Lipinski definition) is 5. The van der Waals surface area contributed by atoms with Gasteiger partial charge < -0.3 is 9.64 Å². The van der Waals surface area contributed by atoms with Crippen LogP contribution in [0.1, 0.15) is 33.6 Å². The predicted molar refractivity (Wildman–Crippen MR) is 79.4 cm³/mol. The molecule has 1 saturated heterocycles. The zero-order valence-electron chi connectivity index (χ0n) is 12.0. The van der Waals surface area contributed by atoms with Crippen molar-refractivity contribution in [2.75, 3.05) is 12.3 Å². The van der Waals surface area contributed by atoms with Gasteiger partial charge in [0.1, 0.15) is 5.60 Å². The highest BCUT2D eigenvalue weighted by Crippen LogP contribution is 2.23. The van der Waals surface area contributed by atoms with Crippen molar-refractivity contribution in [2.24, 2.45) is 0 Å². The Labute approximate surface area is 125 Å². The van der Waals surface area contributed by atoms with Gasteiger partial charge in [-0.1, -0.05) is 0 Å². The molecule has 7 heteroatoms. The smallest absolute Gasteiger partial charge is 0.410 e. The third-order valence-corrected chi connectivity index (χ3v) is 5.55. The zero-order valence-corrected chi connectivity index (χ0v) is 13.6. The van der Waals surface area contributed by atoms with Crippen LogP contribution in [0.3, 0.4) is 0 Å². The first-order valence-electron chi connectivity index (χ1n) is 6.64. The highest BCUT2D eigenvalue weighted by Gasteiger charge is 2.33. The van der Waals surface area contributed by atoms with Crippen molar-refractivity contribution >= 4 is 28.2 Å². The van der Waals surface area contributed by atoms with Crippen molar-refractivity contribution in [2.45, 2.75) is 49.6 Å². The molecule has 20 heavy (non-hydrogen) atoms. The minimum Gasteiger partial charge on any atom is -0.444 e. The van der Waals surface area contributed by atoms with Crippen molar-refractivity contribution in [1.29, 1.82) is 0 Å². The van der Waals surface area contributed by atoms with Gasteiger partial charge in [0.05, 0.1) is 16.6 Å². The average molecular weight is 316 g/mol. The minimum absolute atomic E-state index is 0.0189. The van der Waals surface area contributed by atoms with Crippen molar-refractivity contribution < 1.29 is 13.7 Å². The standard InChI is InChI=1S/C13H20N2O3S2/c1-13(2,3)18-12(16)15-7-4-5-10(15)9-20(17)11-14-6-8-19-11/h6,8,10H,4-5,7,9H2,1-3H3/t10-,20-/m1/s1. The summed E-state index contributed by atoms with van der Waals surface area (Å²) in [5.41, 5.74) is -0.501. The number of nitrogens with zero attached hydrogens (tertiary/aromatic N) is 2. The van der Waals surface area contributed by atoms with E-state index in [1.807, 2.05) is 26.2 Å². The maximum atomic E-state index is 12.2. The molecule has 0 unspecified atom stereocenters. The van der Waals surface area contributed by atoms with Gasteiger partial charge in [-0.3, -0.25) is 4.21 Å². The van der Waals surface area contributed by atoms with Gasteiger partial charge in [-0.05, 0) is 33.6 Å². The quantitative estimate of drug-likeness (QED) is 0.860. The Kier molecular flexibility index (Phi) is 4.80. The van der Waals surface area contributed by atoms with Crippen LogP contribution in [0.4, 0.5) is 4.79 Å². The summed E-state index contributed by atoms with van der Waals surface area (Å²) in [5.74, 6) is 0.437. The molecule has 0 radical (unpaired) electrons. The maximum absolute atomic E-state index is 12.2. The third-order valence-electron chi connectivity index (χ3n) is 2.95. The molecule has 5 nitrogen and oxygen atoms in total. The molecule has 112 valence electrons. The molecule has 2 rings (SSSR count). The van der Waals surface area contributed by atoms with Gasteiger partial charge in [0.2, 0.25) is 0 Å². The maximum Gasteiger partial charge on any atom is 0.410 e. The molecular weight excluding hydrogens is 296 g/mol. The number of carbonyl (C=O) groups excluding carboxylic acids is 1. The summed E-state index contributed by atoms with van der Waals surface area (Å²) < 4.78 is 18.2. The molecule has 1 aliphatic heterocycles. The summed E-state index contributed by atoms with van der Waals surface area (Å²) in [7, 11) is -1.14. The lowest BCUT2D eigenvalue weighted by Crippen LogP contribution is -2.42. The third kappa shape index (κ3) is 4.02. The zero-order chi connectivity index (χ0) is 14.8. The fourth-order valence-electron chi connectivity index (χ4n) is 2.14. The molecule has 0 aromatic carbocycles. The molecule has 1 aromatic heterocycles. The fraction of sp³-hybridized carbons (Fsp3) is 0.692. The highest BCUT2D eigenvalue weighted by molar-refractivity contribution is 7.87. The molecule has 0 saturated carbocycles. The summed E-state index contributed by atoms with van der Waals surface area (Å²) in [6, 6.07) is -0.0189. The Balaban J connectivity index is 1.97. The van der Waals surface area contributed by atoms with Crippen LogP contribution in [-0.2, 0) is 15.5 Å². The van der Waals surface area contributed by atoms with Crippen LogP contribution >= 0.6 is 11.3 Å². The van der Waals surface area contributed by atoms with E-state index in [4.69, 9.17) is 4.74 Å². The monoisotopic (exact) mass is 316 g/mol. The van der Waals surface area contributed by atoms with E-state index >= 15 is 0 Å². The van der Waals surface area contributed by atoms with Crippen molar-refractivity contribution in [3.63, 3.8) is 0 Å². The van der Waals surface area contributed by atoms with Gasteiger partial charge in [-0.15, -0.1) is 11.3 Å². The van der Waals surface area contributed by atoms with Gasteiger partial charge >= 0.3 is 6.09 Å². The second kappa shape index (κ2) is 6.22. The summed E-state index contributed by atoms with van der Waals surface area (Å²) >= 11 is 1.39. The lowest BCUT2D eigenvalue weighted by molar-refractivity contribution is 0.0241. The fourth-order valence-corrected chi connectivity index (χ4v) is 4.32. The Morgan fingerprint density at radius 1 is 1.60 bits per heavy atom. The number of hydrogen-bond donors (Lipinski definition) is 0. The topological polar surface area (TPSA) is 59.5 Å². The van der Waals surface area contributed by atoms with Gasteiger partial charge in [0, 0.05) is 24.2 Å². The number of ether oxygens (including phenoxy) is 1. The van der Waals surface area contributed by atoms with Gasteiger partial charge in [-0.25, -0.2) is 9.78 Å². The van der Waals surface area contributed by atoms with E-state index < -0.39 is 16.4 Å². The number of aromatic nitrogens is 1. The largest absolute Gasteiger partial charge is 0.444 e. The molecule has 0 spiro atoms. The summed E-state index contributed by atoms with van der Waals surface area (Å²) in [6.45, 7) is 6.23. The van der Waals surface area contributed by atoms with Crippen LogP contribution in [-0.4, -0.2) is 44.1 Å². The molecule has 1 fully saturated rings. The van der Waals surface area contributed by atoms with E-state index in [0.717, 1.165) is 12.8 Å². The van der Waals surface area contributed by atoms with Crippen LogP contribution in [0, 0.1) is 0 Å². The second-order valence-corrected chi connectivity index (χ2v) is 8.34. The Morgan fingerprint density at radius 2 is 2.35 bits per heavy atom. The molecule has 0 bridgehead atoms. The number of likely N-dealkylation sites (tertiary alicyclic amines) is 1. The minimum atomic E-state index is -1.14. The number of rotatable bonds is 3. The van der Waals surface area contributed by atoms with Crippen LogP contribution in [0.25, 0.3) is 0 Å². The van der Waals surface area contributed by atoms with Crippen molar-refractivity contribution in [3.05, 3.63) is 11.6 Å². The van der Waals surface area contributed by atoms with Gasteiger partial charge in [0.25, 0.3) is 0 Å². The normalized spacial score (nSPS) is 20.9. The van der Waals surface area contributed by atoms with Crippen LogP contribution in [0.5, 0.6) is 0 Å². The average Bonchev–Trinajstić information content (AvgIpc) is 2.96. The Morgan fingerprint density at radius 3 is 2.95 bits per heavy atom. The molecule has 1 aromatic rings. The summed E-state index contributed by atoms with van der Waals surface area (Å²) in [6.07, 6.45) is 3.14. The number of carbonyl (C=O) groups is 1.